The van der Waals surface area contributed by atoms with Crippen molar-refractivity contribution in [2.75, 3.05) is 7.11 Å². The number of methoxy groups -OCH3 is 1. The number of aliphatic hydroxyl groups is 1. The van der Waals surface area contributed by atoms with Crippen molar-refractivity contribution in [3.63, 3.8) is 0 Å². The van der Waals surface area contributed by atoms with Crippen LogP contribution in [0.3, 0.4) is 0 Å². The second kappa shape index (κ2) is 9.89. The molecule has 1 unspecified atom stereocenters. The summed E-state index contributed by atoms with van der Waals surface area (Å²) >= 11 is 0. The summed E-state index contributed by atoms with van der Waals surface area (Å²) in [4.78, 5) is 0.131. The predicted molar refractivity (Wildman–Crippen MR) is 139 cm³/mol. The van der Waals surface area contributed by atoms with Crippen LogP contribution in [-0.4, -0.2) is 24.6 Å². The van der Waals surface area contributed by atoms with Gasteiger partial charge in [-0.3, -0.25) is 0 Å². The molecule has 1 atom stereocenters. The predicted octanol–water partition coefficient (Wildman–Crippen LogP) is 5.55. The Morgan fingerprint density at radius 3 is 2.25 bits per heavy atom. The molecule has 1 heterocycles. The van der Waals surface area contributed by atoms with Gasteiger partial charge in [0.1, 0.15) is 24.2 Å². The van der Waals surface area contributed by atoms with Crippen LogP contribution < -0.4 is 9.47 Å². The Labute approximate surface area is 210 Å². The lowest BCUT2D eigenvalue weighted by molar-refractivity contribution is 0.213. The smallest absolute Gasteiger partial charge is 0.268 e. The van der Waals surface area contributed by atoms with Gasteiger partial charge in [0, 0.05) is 5.39 Å². The third kappa shape index (κ3) is 4.58. The highest BCUT2D eigenvalue weighted by atomic mass is 32.2. The van der Waals surface area contributed by atoms with Crippen LogP contribution in [0.1, 0.15) is 22.9 Å². The number of aromatic nitrogens is 1. The number of nitrogens with zero attached hydrogens (tertiary/aromatic N) is 1. The number of benzene rings is 4. The van der Waals surface area contributed by atoms with E-state index in [-0.39, 0.29) is 10.6 Å². The molecule has 1 aromatic heterocycles. The Morgan fingerprint density at radius 2 is 1.53 bits per heavy atom. The summed E-state index contributed by atoms with van der Waals surface area (Å²) in [5.74, 6) is 1.17. The molecule has 36 heavy (non-hydrogen) atoms. The third-order valence-corrected chi connectivity index (χ3v) is 7.73. The van der Waals surface area contributed by atoms with Gasteiger partial charge in [-0.15, -0.1) is 0 Å². The molecule has 0 radical (unpaired) electrons. The SMILES string of the molecule is COc1ccc2c(c1)cc(C(O)c1cccc(OCc3ccccc3)c1)n2S(=O)(=O)c1ccccc1. The summed E-state index contributed by atoms with van der Waals surface area (Å²) in [5.41, 5.74) is 2.21. The second-order valence-electron chi connectivity index (χ2n) is 8.33. The van der Waals surface area contributed by atoms with Crippen molar-refractivity contribution in [3.8, 4) is 11.5 Å². The van der Waals surface area contributed by atoms with E-state index in [4.69, 9.17) is 9.47 Å². The van der Waals surface area contributed by atoms with Crippen LogP contribution in [0.5, 0.6) is 11.5 Å². The summed E-state index contributed by atoms with van der Waals surface area (Å²) in [6.45, 7) is 0.378. The van der Waals surface area contributed by atoms with Gasteiger partial charge in [-0.05, 0) is 59.7 Å². The standard InChI is InChI=1S/C29H25NO5S/c1-34-24-15-16-27-23(18-24)19-28(30(27)36(32,33)26-13-6-3-7-14-26)29(31)22-11-8-12-25(17-22)35-20-21-9-4-2-5-10-21/h2-19,29,31H,20H2,1H3. The fourth-order valence-electron chi connectivity index (χ4n) is 4.16. The molecule has 1 N–H and O–H groups in total. The molecule has 0 aliphatic heterocycles. The van der Waals surface area contributed by atoms with E-state index in [0.717, 1.165) is 5.56 Å². The van der Waals surface area contributed by atoms with E-state index in [1.807, 2.05) is 30.3 Å². The van der Waals surface area contributed by atoms with E-state index in [1.165, 1.54) is 3.97 Å². The lowest BCUT2D eigenvalue weighted by Crippen LogP contribution is -2.18. The minimum atomic E-state index is -4.00. The number of hydrogen-bond donors (Lipinski definition) is 1. The van der Waals surface area contributed by atoms with Gasteiger partial charge in [0.25, 0.3) is 10.0 Å². The van der Waals surface area contributed by atoms with Crippen LogP contribution in [-0.2, 0) is 16.6 Å². The Balaban J connectivity index is 1.57. The highest BCUT2D eigenvalue weighted by Crippen LogP contribution is 2.34. The van der Waals surface area contributed by atoms with Crippen LogP contribution in [0.2, 0.25) is 0 Å². The van der Waals surface area contributed by atoms with Crippen molar-refractivity contribution in [2.24, 2.45) is 0 Å². The summed E-state index contributed by atoms with van der Waals surface area (Å²) in [7, 11) is -2.45. The Bertz CT molecular complexity index is 1600. The summed E-state index contributed by atoms with van der Waals surface area (Å²) in [6.07, 6.45) is -1.22. The lowest BCUT2D eigenvalue weighted by Gasteiger charge is -2.17. The largest absolute Gasteiger partial charge is 0.497 e. The minimum absolute atomic E-state index is 0.131. The number of aliphatic hydroxyl groups excluding tert-OH is 1. The molecule has 182 valence electrons. The highest BCUT2D eigenvalue weighted by Gasteiger charge is 2.27. The maximum atomic E-state index is 13.7. The van der Waals surface area contributed by atoms with E-state index in [0.29, 0.717) is 34.6 Å². The maximum absolute atomic E-state index is 13.7. The molecule has 5 rings (SSSR count). The van der Waals surface area contributed by atoms with Crippen molar-refractivity contribution in [2.45, 2.75) is 17.6 Å². The first kappa shape index (κ1) is 23.7. The van der Waals surface area contributed by atoms with Crippen LogP contribution in [0.4, 0.5) is 0 Å². The zero-order valence-corrected chi connectivity index (χ0v) is 20.4. The molecular formula is C29H25NO5S. The Kier molecular flexibility index (Phi) is 6.50. The van der Waals surface area contributed by atoms with Crippen molar-refractivity contribution < 1.29 is 23.0 Å². The summed E-state index contributed by atoms with van der Waals surface area (Å²) < 4.78 is 39.9. The van der Waals surface area contributed by atoms with E-state index in [2.05, 4.69) is 0 Å². The first-order valence-electron chi connectivity index (χ1n) is 11.4. The van der Waals surface area contributed by atoms with Crippen LogP contribution in [0.15, 0.2) is 114 Å². The van der Waals surface area contributed by atoms with Crippen LogP contribution in [0, 0.1) is 0 Å². The number of ether oxygens (including phenoxy) is 2. The Morgan fingerprint density at radius 1 is 0.806 bits per heavy atom. The number of fused-ring (bicyclic) bond motifs is 1. The molecule has 4 aromatic carbocycles. The normalized spacial score (nSPS) is 12.4. The van der Waals surface area contributed by atoms with Gasteiger partial charge in [0.2, 0.25) is 0 Å². The van der Waals surface area contributed by atoms with Gasteiger partial charge in [-0.25, -0.2) is 12.4 Å². The second-order valence-corrected chi connectivity index (χ2v) is 10.1. The number of hydrogen-bond acceptors (Lipinski definition) is 5. The molecule has 0 saturated heterocycles. The maximum Gasteiger partial charge on any atom is 0.268 e. The van der Waals surface area contributed by atoms with Gasteiger partial charge in [-0.2, -0.15) is 0 Å². The van der Waals surface area contributed by atoms with Gasteiger partial charge in [-0.1, -0.05) is 60.7 Å². The summed E-state index contributed by atoms with van der Waals surface area (Å²) in [6, 6.07) is 31.8. The van der Waals surface area contributed by atoms with E-state index >= 15 is 0 Å². The van der Waals surface area contributed by atoms with E-state index < -0.39 is 16.1 Å². The van der Waals surface area contributed by atoms with E-state index in [1.54, 1.807) is 86.0 Å². The molecule has 0 saturated carbocycles. The molecule has 6 nitrogen and oxygen atoms in total. The molecule has 0 bridgehead atoms. The average Bonchev–Trinajstić information content (AvgIpc) is 3.32. The van der Waals surface area contributed by atoms with Gasteiger partial charge >= 0.3 is 0 Å². The summed E-state index contributed by atoms with van der Waals surface area (Å²) in [5, 5.41) is 12.1. The van der Waals surface area contributed by atoms with Crippen molar-refractivity contribution in [3.05, 3.63) is 126 Å². The molecule has 0 aliphatic carbocycles. The topological polar surface area (TPSA) is 77.8 Å². The molecule has 7 heteroatoms. The fourth-order valence-corrected chi connectivity index (χ4v) is 5.73. The fraction of sp³-hybridized carbons (Fsp3) is 0.103. The zero-order chi connectivity index (χ0) is 25.1. The molecule has 0 spiro atoms. The van der Waals surface area contributed by atoms with Gasteiger partial charge in [0.05, 0.1) is 23.2 Å². The zero-order valence-electron chi connectivity index (χ0n) is 19.6. The monoisotopic (exact) mass is 499 g/mol. The molecule has 0 aliphatic rings. The van der Waals surface area contributed by atoms with Gasteiger partial charge < -0.3 is 14.6 Å². The minimum Gasteiger partial charge on any atom is -0.497 e. The highest BCUT2D eigenvalue weighted by molar-refractivity contribution is 7.90. The van der Waals surface area contributed by atoms with E-state index in [9.17, 15) is 13.5 Å². The molecule has 0 fully saturated rings. The number of rotatable bonds is 8. The van der Waals surface area contributed by atoms with Crippen molar-refractivity contribution in [1.29, 1.82) is 0 Å². The third-order valence-electron chi connectivity index (χ3n) is 5.98. The molecule has 0 amide bonds. The average molecular weight is 500 g/mol. The van der Waals surface area contributed by atoms with Crippen molar-refractivity contribution in [1.82, 2.24) is 3.97 Å². The molecular weight excluding hydrogens is 474 g/mol. The van der Waals surface area contributed by atoms with Gasteiger partial charge in [0.15, 0.2) is 0 Å². The van der Waals surface area contributed by atoms with Crippen molar-refractivity contribution >= 4 is 20.9 Å². The first-order valence-corrected chi connectivity index (χ1v) is 12.9. The quantitative estimate of drug-likeness (QED) is 0.303. The Hall–Kier alpha value is -4.07. The van der Waals surface area contributed by atoms with Crippen LogP contribution in [0.25, 0.3) is 10.9 Å². The van der Waals surface area contributed by atoms with Crippen LogP contribution >= 0.6 is 0 Å². The first-order chi connectivity index (χ1) is 17.5. The molecule has 5 aromatic rings. The lowest BCUT2D eigenvalue weighted by atomic mass is 10.1.